The van der Waals surface area contributed by atoms with Crippen LogP contribution in [0.15, 0.2) is 30.5 Å². The van der Waals surface area contributed by atoms with Crippen LogP contribution in [-0.2, 0) is 17.2 Å². The van der Waals surface area contributed by atoms with Gasteiger partial charge < -0.3 is 19.4 Å². The van der Waals surface area contributed by atoms with Crippen molar-refractivity contribution in [2.45, 2.75) is 25.7 Å². The van der Waals surface area contributed by atoms with Gasteiger partial charge in [0.2, 0.25) is 5.82 Å². The first-order valence-corrected chi connectivity index (χ1v) is 14.2. The molecule has 3 saturated heterocycles. The fourth-order valence-electron chi connectivity index (χ4n) is 6.59. The van der Waals surface area contributed by atoms with Gasteiger partial charge in [-0.25, -0.2) is 19.3 Å². The number of methoxy groups -OCH3 is 1. The Kier molecular flexibility index (Phi) is 6.10. The number of fused-ring (bicyclic) bond motifs is 2. The van der Waals surface area contributed by atoms with Gasteiger partial charge in [-0.3, -0.25) is 4.79 Å². The van der Waals surface area contributed by atoms with Crippen LogP contribution in [0.2, 0.25) is 0 Å². The zero-order chi connectivity index (χ0) is 29.2. The molecule has 218 valence electrons. The molecule has 1 unspecified atom stereocenters. The molecule has 1 amide bonds. The molecule has 0 saturated carbocycles. The maximum absolute atomic E-state index is 13.5. The summed E-state index contributed by atoms with van der Waals surface area (Å²) in [5.41, 5.74) is 2.77. The highest BCUT2D eigenvalue weighted by atomic mass is 16.5. The summed E-state index contributed by atoms with van der Waals surface area (Å²) in [4.78, 5) is 42.4. The molecule has 3 aliphatic heterocycles. The van der Waals surface area contributed by atoms with Gasteiger partial charge in [-0.2, -0.15) is 4.80 Å². The smallest absolute Gasteiger partial charge is 0.356 e. The number of esters is 1. The normalized spacial score (nSPS) is 23.7. The second-order valence-electron chi connectivity index (χ2n) is 11.9. The molecule has 14 heteroatoms. The molecule has 3 atom stereocenters. The molecule has 14 nitrogen and oxygen atoms in total. The molecule has 0 aromatic carbocycles. The van der Waals surface area contributed by atoms with E-state index in [1.807, 2.05) is 30.2 Å². The summed E-state index contributed by atoms with van der Waals surface area (Å²) in [5.74, 6) is 1.76. The molecule has 4 aromatic heterocycles. The van der Waals surface area contributed by atoms with Crippen LogP contribution >= 0.6 is 0 Å². The van der Waals surface area contributed by atoms with Crippen LogP contribution in [0, 0.1) is 18.8 Å². The first-order chi connectivity index (χ1) is 20.2. The van der Waals surface area contributed by atoms with Crippen molar-refractivity contribution in [1.82, 2.24) is 44.7 Å². The summed E-state index contributed by atoms with van der Waals surface area (Å²) >= 11 is 0. The van der Waals surface area contributed by atoms with Gasteiger partial charge >= 0.3 is 5.97 Å². The number of pyridine rings is 2. The highest BCUT2D eigenvalue weighted by molar-refractivity contribution is 5.91. The second-order valence-corrected chi connectivity index (χ2v) is 11.9. The lowest BCUT2D eigenvalue weighted by atomic mass is 9.89. The van der Waals surface area contributed by atoms with Crippen molar-refractivity contribution in [1.29, 1.82) is 0 Å². The number of carbonyl (C=O) groups is 2. The third kappa shape index (κ3) is 4.41. The zero-order valence-electron chi connectivity index (χ0n) is 24.1. The van der Waals surface area contributed by atoms with Crippen molar-refractivity contribution in [3.05, 3.63) is 53.4 Å². The van der Waals surface area contributed by atoms with Crippen LogP contribution < -0.4 is 9.80 Å². The predicted molar refractivity (Wildman–Crippen MR) is 151 cm³/mol. The maximum Gasteiger partial charge on any atom is 0.356 e. The van der Waals surface area contributed by atoms with E-state index < -0.39 is 5.97 Å². The standard InChI is InChI=1S/C28H33N11O3/c1-17-10-20(36-9-8-28(2,16-36)27-31-34-35(3)33-27)15-39-24(17)30-23(32-39)25(40)38-13-18-11-37(12-19(18)14-38)22-7-5-6-21(29-22)26(41)42-4/h5-7,10,15,18-19H,8-9,11-14,16H2,1-4H3/t18-,19+,28?. The second kappa shape index (κ2) is 9.74. The predicted octanol–water partition coefficient (Wildman–Crippen LogP) is 1.12. The lowest BCUT2D eigenvalue weighted by molar-refractivity contribution is 0.0593. The van der Waals surface area contributed by atoms with Crippen LogP contribution in [0.25, 0.3) is 5.65 Å². The van der Waals surface area contributed by atoms with Gasteiger partial charge in [0.25, 0.3) is 5.91 Å². The van der Waals surface area contributed by atoms with Gasteiger partial charge in [-0.15, -0.1) is 15.3 Å². The van der Waals surface area contributed by atoms with E-state index in [4.69, 9.17) is 4.74 Å². The lowest BCUT2D eigenvalue weighted by Crippen LogP contribution is -2.34. The molecule has 0 radical (unpaired) electrons. The van der Waals surface area contributed by atoms with Crippen LogP contribution in [0.5, 0.6) is 0 Å². The number of anilines is 2. The number of nitrogens with zero attached hydrogens (tertiary/aromatic N) is 11. The van der Waals surface area contributed by atoms with Gasteiger partial charge in [0, 0.05) is 51.1 Å². The molecule has 42 heavy (non-hydrogen) atoms. The van der Waals surface area contributed by atoms with Crippen molar-refractivity contribution >= 4 is 29.0 Å². The largest absolute Gasteiger partial charge is 0.464 e. The SMILES string of the molecule is COC(=O)c1cccc(N2C[C@H]3CN(C(=O)c4nc5c(C)cc(N6CCC(C)(c7nnn(C)n7)C6)cn5n4)C[C@H]3C2)n1. The Hall–Kier alpha value is -4.62. The molecule has 7 rings (SSSR count). The van der Waals surface area contributed by atoms with E-state index in [-0.39, 0.29) is 17.1 Å². The topological polar surface area (TPSA) is 140 Å². The van der Waals surface area contributed by atoms with Crippen molar-refractivity contribution in [3.63, 3.8) is 0 Å². The molecule has 0 aliphatic carbocycles. The molecule has 0 spiro atoms. The number of hydrogen-bond acceptors (Lipinski definition) is 11. The number of likely N-dealkylation sites (tertiary alicyclic amines) is 1. The molecule has 3 aliphatic rings. The minimum absolute atomic E-state index is 0.145. The average molecular weight is 572 g/mol. The lowest BCUT2D eigenvalue weighted by Gasteiger charge is -2.23. The summed E-state index contributed by atoms with van der Waals surface area (Å²) in [6.45, 7) is 8.61. The molecular weight excluding hydrogens is 538 g/mol. The average Bonchev–Trinajstić information content (AvgIpc) is 3.80. The van der Waals surface area contributed by atoms with E-state index in [0.717, 1.165) is 55.5 Å². The number of carbonyl (C=O) groups excluding carboxylic acids is 2. The summed E-state index contributed by atoms with van der Waals surface area (Å²) in [6.07, 6.45) is 2.87. The maximum atomic E-state index is 13.5. The quantitative estimate of drug-likeness (QED) is 0.318. The van der Waals surface area contributed by atoms with Crippen molar-refractivity contribution in [3.8, 4) is 0 Å². The Morgan fingerprint density at radius 3 is 2.55 bits per heavy atom. The fraction of sp³-hybridized carbons (Fsp3) is 0.500. The van der Waals surface area contributed by atoms with Crippen molar-refractivity contribution < 1.29 is 14.3 Å². The van der Waals surface area contributed by atoms with E-state index >= 15 is 0 Å². The van der Waals surface area contributed by atoms with Gasteiger partial charge in [0.05, 0.1) is 31.5 Å². The van der Waals surface area contributed by atoms with Gasteiger partial charge in [-0.05, 0) is 42.3 Å². The minimum atomic E-state index is -0.450. The number of aromatic nitrogens is 8. The molecule has 7 heterocycles. The fourth-order valence-corrected chi connectivity index (χ4v) is 6.59. The molecular formula is C28H33N11O3. The summed E-state index contributed by atoms with van der Waals surface area (Å²) in [6, 6.07) is 7.48. The Morgan fingerprint density at radius 2 is 1.83 bits per heavy atom. The summed E-state index contributed by atoms with van der Waals surface area (Å²) in [7, 11) is 3.13. The molecule has 0 bridgehead atoms. The Bertz CT molecular complexity index is 1690. The van der Waals surface area contributed by atoms with E-state index in [1.54, 1.807) is 17.6 Å². The summed E-state index contributed by atoms with van der Waals surface area (Å²) in [5, 5.41) is 17.4. The van der Waals surface area contributed by atoms with E-state index in [2.05, 4.69) is 53.3 Å². The number of hydrogen-bond donors (Lipinski definition) is 0. The van der Waals surface area contributed by atoms with Crippen LogP contribution in [0.1, 0.15) is 45.8 Å². The Labute approximate surface area is 242 Å². The molecule has 4 aromatic rings. The van der Waals surface area contributed by atoms with E-state index in [9.17, 15) is 9.59 Å². The number of rotatable bonds is 5. The zero-order valence-corrected chi connectivity index (χ0v) is 24.1. The molecule has 0 N–H and O–H groups in total. The monoisotopic (exact) mass is 571 g/mol. The highest BCUT2D eigenvalue weighted by Crippen LogP contribution is 2.36. The number of tetrazole rings is 1. The first kappa shape index (κ1) is 26.3. The minimum Gasteiger partial charge on any atom is -0.464 e. The highest BCUT2D eigenvalue weighted by Gasteiger charge is 2.43. The van der Waals surface area contributed by atoms with Crippen molar-refractivity contribution in [2.75, 3.05) is 56.2 Å². The Morgan fingerprint density at radius 1 is 1.05 bits per heavy atom. The van der Waals surface area contributed by atoms with Crippen molar-refractivity contribution in [2.24, 2.45) is 18.9 Å². The number of amides is 1. The number of aryl methyl sites for hydroxylation is 2. The number of ether oxygens (including phenoxy) is 1. The van der Waals surface area contributed by atoms with Crippen LogP contribution in [0.3, 0.4) is 0 Å². The van der Waals surface area contributed by atoms with Crippen LogP contribution in [0.4, 0.5) is 11.5 Å². The van der Waals surface area contributed by atoms with Crippen LogP contribution in [-0.4, -0.2) is 103 Å². The van der Waals surface area contributed by atoms with Gasteiger partial charge in [0.1, 0.15) is 5.82 Å². The third-order valence-corrected chi connectivity index (χ3v) is 8.91. The summed E-state index contributed by atoms with van der Waals surface area (Å²) < 4.78 is 6.54. The van der Waals surface area contributed by atoms with Gasteiger partial charge in [-0.1, -0.05) is 13.0 Å². The van der Waals surface area contributed by atoms with E-state index in [1.165, 1.54) is 11.9 Å². The molecule has 3 fully saturated rings. The Balaban J connectivity index is 1.04. The van der Waals surface area contributed by atoms with Gasteiger partial charge in [0.15, 0.2) is 17.2 Å². The third-order valence-electron chi connectivity index (χ3n) is 8.91. The first-order valence-electron chi connectivity index (χ1n) is 14.2. The van der Waals surface area contributed by atoms with E-state index in [0.29, 0.717) is 36.3 Å².